The number of hydrogen-bond donors (Lipinski definition) is 1. The van der Waals surface area contributed by atoms with E-state index >= 15 is 4.39 Å². The summed E-state index contributed by atoms with van der Waals surface area (Å²) in [4.78, 5) is 23.5. The highest BCUT2D eigenvalue weighted by atomic mass is 19.3. The molecule has 1 amide bonds. The molecule has 0 radical (unpaired) electrons. The van der Waals surface area contributed by atoms with Crippen LogP contribution < -0.4 is 4.74 Å². The van der Waals surface area contributed by atoms with Crippen molar-refractivity contribution in [3.05, 3.63) is 77.1 Å². The van der Waals surface area contributed by atoms with Crippen LogP contribution in [0.3, 0.4) is 0 Å². The minimum Gasteiger partial charge on any atom is -0.434 e. The molecular formula is C31H28F3N5O3. The van der Waals surface area contributed by atoms with E-state index in [1.807, 2.05) is 10.6 Å². The third-order valence-corrected chi connectivity index (χ3v) is 8.22. The number of imidazole rings is 1. The van der Waals surface area contributed by atoms with Gasteiger partial charge in [-0.2, -0.15) is 14.0 Å². The number of carbonyl (C=O) groups is 1. The zero-order valence-electron chi connectivity index (χ0n) is 23.2. The molecule has 1 saturated carbocycles. The maximum absolute atomic E-state index is 15.3. The van der Waals surface area contributed by atoms with Gasteiger partial charge in [0.1, 0.15) is 28.7 Å². The quantitative estimate of drug-likeness (QED) is 0.322. The Hall–Kier alpha value is -4.43. The molecule has 0 unspecified atom stereocenters. The van der Waals surface area contributed by atoms with Gasteiger partial charge in [-0.1, -0.05) is 12.1 Å². The highest BCUT2D eigenvalue weighted by Crippen LogP contribution is 2.53. The molecule has 3 heterocycles. The molecule has 1 atom stereocenters. The third kappa shape index (κ3) is 4.47. The number of pyridine rings is 1. The van der Waals surface area contributed by atoms with Gasteiger partial charge in [-0.3, -0.25) is 9.78 Å². The predicted octanol–water partition coefficient (Wildman–Crippen LogP) is 5.59. The average molecular weight is 576 g/mol. The van der Waals surface area contributed by atoms with Crippen molar-refractivity contribution in [2.45, 2.75) is 50.9 Å². The molecule has 1 fully saturated rings. The first kappa shape index (κ1) is 27.7. The van der Waals surface area contributed by atoms with Gasteiger partial charge in [0.2, 0.25) is 0 Å². The van der Waals surface area contributed by atoms with Gasteiger partial charge in [-0.25, -0.2) is 9.37 Å². The van der Waals surface area contributed by atoms with E-state index in [0.717, 1.165) is 5.82 Å². The number of ether oxygens (including phenoxy) is 1. The number of rotatable bonds is 6. The zero-order valence-corrected chi connectivity index (χ0v) is 23.2. The minimum atomic E-state index is -3.07. The number of carbonyl (C=O) groups excluding carboxylic acids is 1. The van der Waals surface area contributed by atoms with Crippen molar-refractivity contribution >= 4 is 16.9 Å². The van der Waals surface area contributed by atoms with Crippen LogP contribution in [0.15, 0.2) is 48.7 Å². The van der Waals surface area contributed by atoms with Crippen molar-refractivity contribution in [1.29, 1.82) is 5.26 Å². The number of hydrogen-bond acceptors (Lipinski definition) is 6. The molecule has 0 spiro atoms. The molecule has 2 aliphatic rings. The molecule has 1 aliphatic heterocycles. The van der Waals surface area contributed by atoms with E-state index in [1.165, 1.54) is 29.3 Å². The predicted molar refractivity (Wildman–Crippen MR) is 147 cm³/mol. The standard InChI is InChI=1S/C31H28F3N5O3/c1-30(16-35)14-31(41,15-30)27-20(32)11-18(13-36-27)17-7-8-21-23(12-17)39-22(9-10-25(39)37-21)26-19(28(40)38(2)3)5-4-6-24(26)42-29(33)34/h4-8,11-13,22,29,41H,9-10,14-15H2,1-3H3/t22-,30-,31+/m1/s1. The van der Waals surface area contributed by atoms with Crippen LogP contribution >= 0.6 is 0 Å². The number of alkyl halides is 2. The summed E-state index contributed by atoms with van der Waals surface area (Å²) in [6.07, 6.45) is 2.76. The van der Waals surface area contributed by atoms with Crippen LogP contribution in [0.25, 0.3) is 22.2 Å². The van der Waals surface area contributed by atoms with E-state index in [2.05, 4.69) is 11.1 Å². The SMILES string of the molecule is CN(C)C(=O)c1cccc(OC(F)F)c1[C@H]1CCc2nc3ccc(-c4cnc([C@]5(O)C[C@@](C)(C#N)C5)c(F)c4)cc3n21. The van der Waals surface area contributed by atoms with Gasteiger partial charge in [-0.15, -0.1) is 0 Å². The Balaban J connectivity index is 1.42. The van der Waals surface area contributed by atoms with Gasteiger partial charge in [-0.05, 0) is 49.2 Å². The molecule has 0 bridgehead atoms. The van der Waals surface area contributed by atoms with Crippen molar-refractivity contribution in [3.8, 4) is 22.9 Å². The summed E-state index contributed by atoms with van der Waals surface area (Å²) < 4.78 is 48.9. The number of halogens is 3. The Morgan fingerprint density at radius 1 is 1.21 bits per heavy atom. The Bertz CT molecular complexity index is 1770. The number of aryl methyl sites for hydroxylation is 1. The lowest BCUT2D eigenvalue weighted by molar-refractivity contribution is -0.108. The highest BCUT2D eigenvalue weighted by molar-refractivity contribution is 5.96. The zero-order chi connectivity index (χ0) is 30.0. The first-order chi connectivity index (χ1) is 19.9. The number of nitrogens with zero attached hydrogens (tertiary/aromatic N) is 5. The van der Waals surface area contributed by atoms with E-state index in [1.54, 1.807) is 39.2 Å². The van der Waals surface area contributed by atoms with E-state index in [0.29, 0.717) is 40.6 Å². The lowest BCUT2D eigenvalue weighted by Gasteiger charge is -2.46. The highest BCUT2D eigenvalue weighted by Gasteiger charge is 2.54. The Kier molecular flexibility index (Phi) is 6.50. The molecule has 2 aromatic heterocycles. The normalized spacial score (nSPS) is 23.0. The second-order valence-electron chi connectivity index (χ2n) is 11.6. The van der Waals surface area contributed by atoms with Gasteiger partial charge < -0.3 is 19.3 Å². The van der Waals surface area contributed by atoms with Gasteiger partial charge in [0.05, 0.1) is 28.6 Å². The van der Waals surface area contributed by atoms with E-state index in [9.17, 15) is 23.9 Å². The molecule has 1 aliphatic carbocycles. The molecule has 4 aromatic rings. The summed E-state index contributed by atoms with van der Waals surface area (Å²) in [5.74, 6) is -0.351. The first-order valence-electron chi connectivity index (χ1n) is 13.5. The maximum atomic E-state index is 15.3. The molecule has 216 valence electrons. The topological polar surface area (TPSA) is 104 Å². The minimum absolute atomic E-state index is 0.0724. The molecule has 6 rings (SSSR count). The fraction of sp³-hybridized carbons (Fsp3) is 0.355. The molecule has 2 aromatic carbocycles. The van der Waals surface area contributed by atoms with Crippen LogP contribution in [0, 0.1) is 22.6 Å². The maximum Gasteiger partial charge on any atom is 0.387 e. The van der Waals surface area contributed by atoms with Gasteiger partial charge in [0, 0.05) is 56.2 Å². The second kappa shape index (κ2) is 9.84. The second-order valence-corrected chi connectivity index (χ2v) is 11.6. The van der Waals surface area contributed by atoms with Crippen molar-refractivity contribution in [2.24, 2.45) is 5.41 Å². The summed E-state index contributed by atoms with van der Waals surface area (Å²) in [5.41, 5.74) is 0.777. The summed E-state index contributed by atoms with van der Waals surface area (Å²) in [6, 6.07) is 12.9. The summed E-state index contributed by atoms with van der Waals surface area (Å²) >= 11 is 0. The van der Waals surface area contributed by atoms with Crippen molar-refractivity contribution in [2.75, 3.05) is 14.1 Å². The van der Waals surface area contributed by atoms with E-state index in [-0.39, 0.29) is 35.8 Å². The Morgan fingerprint density at radius 3 is 2.64 bits per heavy atom. The van der Waals surface area contributed by atoms with Crippen LogP contribution in [0.1, 0.15) is 59.7 Å². The molecule has 0 saturated heterocycles. The van der Waals surface area contributed by atoms with E-state index < -0.39 is 29.5 Å². The average Bonchev–Trinajstić information content (AvgIpc) is 3.50. The van der Waals surface area contributed by atoms with Crippen molar-refractivity contribution < 1.29 is 27.8 Å². The lowest BCUT2D eigenvalue weighted by atomic mass is 9.59. The number of benzene rings is 2. The Morgan fingerprint density at radius 2 is 1.98 bits per heavy atom. The molecule has 8 nitrogen and oxygen atoms in total. The number of nitriles is 1. The Labute approximate surface area is 240 Å². The summed E-state index contributed by atoms with van der Waals surface area (Å²) in [6.45, 7) is -1.35. The fourth-order valence-corrected chi connectivity index (χ4v) is 6.45. The third-order valence-electron chi connectivity index (χ3n) is 8.22. The van der Waals surface area contributed by atoms with Gasteiger partial charge in [0.15, 0.2) is 0 Å². The van der Waals surface area contributed by atoms with Crippen LogP contribution in [-0.2, 0) is 12.0 Å². The lowest BCUT2D eigenvalue weighted by Crippen LogP contribution is -2.48. The summed E-state index contributed by atoms with van der Waals surface area (Å²) in [7, 11) is 3.19. The van der Waals surface area contributed by atoms with Gasteiger partial charge in [0.25, 0.3) is 5.91 Å². The van der Waals surface area contributed by atoms with Crippen LogP contribution in [-0.4, -0.2) is 51.2 Å². The monoisotopic (exact) mass is 575 g/mol. The van der Waals surface area contributed by atoms with Crippen molar-refractivity contribution in [3.63, 3.8) is 0 Å². The van der Waals surface area contributed by atoms with Crippen LogP contribution in [0.2, 0.25) is 0 Å². The largest absolute Gasteiger partial charge is 0.434 e. The molecule has 1 N–H and O–H groups in total. The number of aliphatic hydroxyl groups is 1. The van der Waals surface area contributed by atoms with Crippen molar-refractivity contribution in [1.82, 2.24) is 19.4 Å². The van der Waals surface area contributed by atoms with Crippen LogP contribution in [0.5, 0.6) is 5.75 Å². The fourth-order valence-electron chi connectivity index (χ4n) is 6.45. The molecular weight excluding hydrogens is 547 g/mol. The molecule has 42 heavy (non-hydrogen) atoms. The number of amides is 1. The number of aromatic nitrogens is 3. The van der Waals surface area contributed by atoms with E-state index in [4.69, 9.17) is 9.72 Å². The smallest absolute Gasteiger partial charge is 0.387 e. The van der Waals surface area contributed by atoms with Crippen LogP contribution in [0.4, 0.5) is 13.2 Å². The van der Waals surface area contributed by atoms with Gasteiger partial charge >= 0.3 is 6.61 Å². The molecule has 11 heteroatoms. The summed E-state index contributed by atoms with van der Waals surface area (Å²) in [5, 5.41) is 20.2. The first-order valence-corrected chi connectivity index (χ1v) is 13.5. The number of fused-ring (bicyclic) bond motifs is 3.